The van der Waals surface area contributed by atoms with Gasteiger partial charge in [0.25, 0.3) is 0 Å². The molecule has 0 N–H and O–H groups in total. The van der Waals surface area contributed by atoms with Crippen LogP contribution >= 0.6 is 0 Å². The van der Waals surface area contributed by atoms with Crippen molar-refractivity contribution >= 4 is 0 Å². The third-order valence-corrected chi connectivity index (χ3v) is 4.07. The number of aryl methyl sites for hydroxylation is 1. The van der Waals surface area contributed by atoms with Crippen LogP contribution in [-0.4, -0.2) is 34.5 Å². The monoisotopic (exact) mass is 309 g/mol. The summed E-state index contributed by atoms with van der Waals surface area (Å²) in [5, 5.41) is 8.44. The summed E-state index contributed by atoms with van der Waals surface area (Å²) in [5.41, 5.74) is 4.18. The molecule has 1 aliphatic carbocycles. The Bertz CT molecular complexity index is 762. The van der Waals surface area contributed by atoms with Crippen LogP contribution in [0.15, 0.2) is 24.4 Å². The fraction of sp³-hybridized carbons (Fsp3) is 0.444. The summed E-state index contributed by atoms with van der Waals surface area (Å²) in [4.78, 5) is 0. The van der Waals surface area contributed by atoms with E-state index in [4.69, 9.17) is 9.47 Å². The van der Waals surface area contributed by atoms with E-state index < -0.39 is 0 Å². The zero-order valence-corrected chi connectivity index (χ0v) is 13.2. The first-order chi connectivity index (χ1) is 11.3. The lowest BCUT2D eigenvalue weighted by Crippen LogP contribution is -2.17. The van der Waals surface area contributed by atoms with Crippen LogP contribution in [0.4, 0.5) is 0 Å². The summed E-state index contributed by atoms with van der Waals surface area (Å²) in [6.45, 7) is 3.94. The number of benzene rings is 1. The van der Waals surface area contributed by atoms with Crippen molar-refractivity contribution in [2.45, 2.75) is 32.6 Å². The molecule has 0 atom stereocenters. The van der Waals surface area contributed by atoms with Crippen molar-refractivity contribution in [3.63, 3.8) is 0 Å². The van der Waals surface area contributed by atoms with Crippen molar-refractivity contribution < 1.29 is 9.47 Å². The fourth-order valence-electron chi connectivity index (χ4n) is 2.62. The third-order valence-electron chi connectivity index (χ3n) is 4.07. The molecular weight excluding hydrogens is 290 g/mol. The van der Waals surface area contributed by atoms with Gasteiger partial charge in [-0.2, -0.15) is 0 Å². The van der Waals surface area contributed by atoms with Crippen LogP contribution in [0, 0.1) is 24.7 Å². The Morgan fingerprint density at radius 2 is 2.09 bits per heavy atom. The Hall–Kier alpha value is -2.16. The summed E-state index contributed by atoms with van der Waals surface area (Å²) < 4.78 is 12.6. The summed E-state index contributed by atoms with van der Waals surface area (Å²) in [7, 11) is 0. The highest BCUT2D eigenvalue weighted by molar-refractivity contribution is 5.64. The molecular formula is C18H19N3O2. The van der Waals surface area contributed by atoms with E-state index in [1.165, 1.54) is 12.8 Å². The number of hydrogen-bond acceptors (Lipinski definition) is 4. The molecule has 5 heteroatoms. The van der Waals surface area contributed by atoms with E-state index in [0.29, 0.717) is 25.7 Å². The average molecular weight is 309 g/mol. The van der Waals surface area contributed by atoms with Crippen molar-refractivity contribution in [1.29, 1.82) is 0 Å². The first-order valence-corrected chi connectivity index (χ1v) is 8.04. The second-order valence-corrected chi connectivity index (χ2v) is 6.07. The van der Waals surface area contributed by atoms with Crippen LogP contribution < -0.4 is 0 Å². The van der Waals surface area contributed by atoms with E-state index in [1.807, 2.05) is 6.20 Å². The lowest BCUT2D eigenvalue weighted by Gasteiger charge is -2.07. The van der Waals surface area contributed by atoms with Crippen molar-refractivity contribution in [1.82, 2.24) is 15.0 Å². The standard InChI is InChI=1S/C18H19N3O2/c1-13-10-15(5-4-14-2-3-14)6-7-16(13)17-11-21(20-19-17)12-18-22-8-9-23-18/h6-7,10-11,14,18H,2-3,8-9,12H2,1H3. The lowest BCUT2D eigenvalue weighted by atomic mass is 10.0. The van der Waals surface area contributed by atoms with Crippen LogP contribution in [0.5, 0.6) is 0 Å². The third kappa shape index (κ3) is 3.44. The lowest BCUT2D eigenvalue weighted by molar-refractivity contribution is -0.0548. The molecule has 23 heavy (non-hydrogen) atoms. The molecule has 118 valence electrons. The van der Waals surface area contributed by atoms with Crippen LogP contribution in [0.3, 0.4) is 0 Å². The maximum Gasteiger partial charge on any atom is 0.177 e. The van der Waals surface area contributed by atoms with Gasteiger partial charge in [0.1, 0.15) is 5.69 Å². The Balaban J connectivity index is 1.51. The highest BCUT2D eigenvalue weighted by Crippen LogP contribution is 2.28. The van der Waals surface area contributed by atoms with Gasteiger partial charge in [0.15, 0.2) is 6.29 Å². The zero-order valence-electron chi connectivity index (χ0n) is 13.2. The van der Waals surface area contributed by atoms with Gasteiger partial charge in [-0.15, -0.1) is 5.10 Å². The predicted molar refractivity (Wildman–Crippen MR) is 85.5 cm³/mol. The largest absolute Gasteiger partial charge is 0.348 e. The molecule has 2 heterocycles. The summed E-state index contributed by atoms with van der Waals surface area (Å²) in [5.74, 6) is 7.17. The van der Waals surface area contributed by atoms with Crippen molar-refractivity contribution in [3.8, 4) is 23.1 Å². The molecule has 1 saturated carbocycles. The van der Waals surface area contributed by atoms with Gasteiger partial charge in [0.05, 0.1) is 26.0 Å². The number of aromatic nitrogens is 3. The minimum absolute atomic E-state index is 0.217. The number of nitrogens with zero attached hydrogens (tertiary/aromatic N) is 3. The van der Waals surface area contributed by atoms with Crippen LogP contribution in [0.1, 0.15) is 24.0 Å². The molecule has 0 unspecified atom stereocenters. The van der Waals surface area contributed by atoms with Gasteiger partial charge < -0.3 is 9.47 Å². The van der Waals surface area contributed by atoms with E-state index in [1.54, 1.807) is 4.68 Å². The molecule has 1 saturated heterocycles. The highest BCUT2D eigenvalue weighted by Gasteiger charge is 2.18. The minimum atomic E-state index is -0.217. The SMILES string of the molecule is Cc1cc(C#CC2CC2)ccc1-c1cn(CC2OCCO2)nn1. The van der Waals surface area contributed by atoms with E-state index >= 15 is 0 Å². The van der Waals surface area contributed by atoms with Crippen LogP contribution in [0.25, 0.3) is 11.3 Å². The Morgan fingerprint density at radius 3 is 2.83 bits per heavy atom. The summed E-state index contributed by atoms with van der Waals surface area (Å²) in [6.07, 6.45) is 4.22. The smallest absolute Gasteiger partial charge is 0.177 e. The number of hydrogen-bond donors (Lipinski definition) is 0. The Kier molecular flexibility index (Phi) is 3.86. The fourth-order valence-corrected chi connectivity index (χ4v) is 2.62. The van der Waals surface area contributed by atoms with E-state index in [2.05, 4.69) is 47.3 Å². The summed E-state index contributed by atoms with van der Waals surface area (Å²) in [6, 6.07) is 6.25. The van der Waals surface area contributed by atoms with Gasteiger partial charge in [-0.25, -0.2) is 4.68 Å². The molecule has 0 bridgehead atoms. The topological polar surface area (TPSA) is 49.2 Å². The van der Waals surface area contributed by atoms with E-state index in [0.717, 1.165) is 22.4 Å². The van der Waals surface area contributed by atoms with E-state index in [9.17, 15) is 0 Å². The first-order valence-electron chi connectivity index (χ1n) is 8.04. The highest BCUT2D eigenvalue weighted by atomic mass is 16.7. The number of rotatable bonds is 3. The first kappa shape index (κ1) is 14.4. The van der Waals surface area contributed by atoms with Gasteiger partial charge >= 0.3 is 0 Å². The maximum absolute atomic E-state index is 5.44. The second kappa shape index (κ2) is 6.15. The van der Waals surface area contributed by atoms with Crippen molar-refractivity contribution in [2.24, 2.45) is 5.92 Å². The van der Waals surface area contributed by atoms with Crippen LogP contribution in [0.2, 0.25) is 0 Å². The van der Waals surface area contributed by atoms with Gasteiger partial charge in [-0.05, 0) is 37.5 Å². The normalized spacial score (nSPS) is 18.0. The van der Waals surface area contributed by atoms with Gasteiger partial charge in [-0.1, -0.05) is 23.1 Å². The Morgan fingerprint density at radius 1 is 1.26 bits per heavy atom. The van der Waals surface area contributed by atoms with Gasteiger partial charge in [0.2, 0.25) is 0 Å². The van der Waals surface area contributed by atoms with Crippen molar-refractivity contribution in [2.75, 3.05) is 13.2 Å². The molecule has 1 aromatic heterocycles. The molecule has 1 aliphatic heterocycles. The maximum atomic E-state index is 5.44. The quantitative estimate of drug-likeness (QED) is 0.817. The molecule has 2 aromatic rings. The Labute approximate surface area is 135 Å². The van der Waals surface area contributed by atoms with Crippen LogP contribution in [-0.2, 0) is 16.0 Å². The molecule has 2 fully saturated rings. The molecule has 0 radical (unpaired) electrons. The molecule has 1 aromatic carbocycles. The molecule has 0 spiro atoms. The molecule has 5 nitrogen and oxygen atoms in total. The van der Waals surface area contributed by atoms with Crippen molar-refractivity contribution in [3.05, 3.63) is 35.5 Å². The molecule has 2 aliphatic rings. The van der Waals surface area contributed by atoms with E-state index in [-0.39, 0.29) is 6.29 Å². The van der Waals surface area contributed by atoms with Gasteiger partial charge in [-0.3, -0.25) is 0 Å². The molecule has 0 amide bonds. The second-order valence-electron chi connectivity index (χ2n) is 6.07. The molecule has 4 rings (SSSR count). The zero-order chi connectivity index (χ0) is 15.6. The summed E-state index contributed by atoms with van der Waals surface area (Å²) >= 11 is 0. The predicted octanol–water partition coefficient (Wildman–Crippen LogP) is 2.39. The minimum Gasteiger partial charge on any atom is -0.348 e. The van der Waals surface area contributed by atoms with Gasteiger partial charge in [0, 0.05) is 17.0 Å². The average Bonchev–Trinajstić information content (AvgIpc) is 3.03. The number of ether oxygens (including phenoxy) is 2.